The molecule has 1 aromatic carbocycles. The Morgan fingerprint density at radius 1 is 1.41 bits per heavy atom. The molecule has 1 aliphatic heterocycles. The van der Waals surface area contributed by atoms with Crippen molar-refractivity contribution < 1.29 is 9.53 Å². The Morgan fingerprint density at radius 3 is 2.65 bits per heavy atom. The Hall–Kier alpha value is -1.35. The number of hydrogen-bond acceptors (Lipinski definition) is 3. The second-order valence-corrected chi connectivity index (χ2v) is 4.47. The Kier molecular flexibility index (Phi) is 3.48. The first-order valence-electron chi connectivity index (χ1n) is 6.15. The molecular formula is C14H19NO2. The summed E-state index contributed by atoms with van der Waals surface area (Å²) in [6.45, 7) is 6.50. The highest BCUT2D eigenvalue weighted by Crippen LogP contribution is 2.38. The second kappa shape index (κ2) is 4.88. The van der Waals surface area contributed by atoms with E-state index in [4.69, 9.17) is 4.74 Å². The summed E-state index contributed by atoms with van der Waals surface area (Å²) in [5.74, 6) is -0.0946. The van der Waals surface area contributed by atoms with Crippen LogP contribution in [0.5, 0.6) is 0 Å². The Balaban J connectivity index is 2.03. The SMILES string of the molecule is CCOC(=O)[C@H]1[C@@H](C)N1[C@@H](C)c1ccccc1. The summed E-state index contributed by atoms with van der Waals surface area (Å²) in [5.41, 5.74) is 1.24. The van der Waals surface area contributed by atoms with Crippen molar-refractivity contribution in [3.63, 3.8) is 0 Å². The lowest BCUT2D eigenvalue weighted by atomic mass is 10.1. The zero-order valence-electron chi connectivity index (χ0n) is 10.6. The maximum atomic E-state index is 11.7. The third-order valence-electron chi connectivity index (χ3n) is 3.42. The van der Waals surface area contributed by atoms with Crippen molar-refractivity contribution in [2.24, 2.45) is 0 Å². The molecule has 0 amide bonds. The average Bonchev–Trinajstić information content (AvgIpc) is 3.01. The summed E-state index contributed by atoms with van der Waals surface area (Å²) < 4.78 is 5.07. The first-order valence-corrected chi connectivity index (χ1v) is 6.15. The summed E-state index contributed by atoms with van der Waals surface area (Å²) in [7, 11) is 0. The van der Waals surface area contributed by atoms with Gasteiger partial charge in [0.1, 0.15) is 6.04 Å². The molecule has 0 bridgehead atoms. The first-order chi connectivity index (χ1) is 8.16. The predicted octanol–water partition coefficient (Wildman–Crippen LogP) is 2.38. The lowest BCUT2D eigenvalue weighted by molar-refractivity contribution is -0.143. The van der Waals surface area contributed by atoms with Gasteiger partial charge in [-0.2, -0.15) is 0 Å². The van der Waals surface area contributed by atoms with Crippen molar-refractivity contribution in [1.29, 1.82) is 0 Å². The van der Waals surface area contributed by atoms with Gasteiger partial charge in [0.05, 0.1) is 6.61 Å². The van der Waals surface area contributed by atoms with Crippen molar-refractivity contribution in [3.8, 4) is 0 Å². The fourth-order valence-electron chi connectivity index (χ4n) is 2.41. The standard InChI is InChI=1S/C14H19NO2/c1-4-17-14(16)13-11(3)15(13)10(2)12-8-6-5-7-9-12/h5-11,13H,4H2,1-3H3/t10-,11+,13+,15?/m0/s1. The van der Waals surface area contributed by atoms with Gasteiger partial charge in [-0.1, -0.05) is 30.3 Å². The van der Waals surface area contributed by atoms with Crippen molar-refractivity contribution in [1.82, 2.24) is 4.90 Å². The molecule has 92 valence electrons. The van der Waals surface area contributed by atoms with Gasteiger partial charge in [0, 0.05) is 12.1 Å². The van der Waals surface area contributed by atoms with Gasteiger partial charge in [0.2, 0.25) is 0 Å². The molecule has 0 N–H and O–H groups in total. The van der Waals surface area contributed by atoms with Gasteiger partial charge in [0.25, 0.3) is 0 Å². The number of benzene rings is 1. The van der Waals surface area contributed by atoms with Crippen LogP contribution in [-0.2, 0) is 9.53 Å². The van der Waals surface area contributed by atoms with Crippen LogP contribution in [0.2, 0.25) is 0 Å². The molecule has 2 rings (SSSR count). The average molecular weight is 233 g/mol. The van der Waals surface area contributed by atoms with E-state index in [1.54, 1.807) is 0 Å². The number of nitrogens with zero attached hydrogens (tertiary/aromatic N) is 1. The third kappa shape index (κ3) is 2.34. The van der Waals surface area contributed by atoms with Crippen LogP contribution in [0.1, 0.15) is 32.4 Å². The minimum Gasteiger partial charge on any atom is -0.465 e. The minimum atomic E-state index is -0.0946. The van der Waals surface area contributed by atoms with Crippen LogP contribution in [0.25, 0.3) is 0 Å². The third-order valence-corrected chi connectivity index (χ3v) is 3.42. The van der Waals surface area contributed by atoms with Gasteiger partial charge < -0.3 is 4.74 Å². The Bertz CT molecular complexity index is 390. The predicted molar refractivity (Wildman–Crippen MR) is 66.6 cm³/mol. The normalized spacial score (nSPS) is 28.5. The van der Waals surface area contributed by atoms with Crippen LogP contribution in [-0.4, -0.2) is 29.6 Å². The van der Waals surface area contributed by atoms with Crippen molar-refractivity contribution in [2.45, 2.75) is 38.9 Å². The van der Waals surface area contributed by atoms with Gasteiger partial charge in [-0.25, -0.2) is 0 Å². The molecule has 1 aliphatic rings. The maximum absolute atomic E-state index is 11.7. The lowest BCUT2D eigenvalue weighted by Gasteiger charge is -2.14. The summed E-state index contributed by atoms with van der Waals surface area (Å²) in [4.78, 5) is 13.9. The molecule has 4 atom stereocenters. The summed E-state index contributed by atoms with van der Waals surface area (Å²) in [5, 5.41) is 0. The Morgan fingerprint density at radius 2 is 2.06 bits per heavy atom. The molecule has 0 saturated carbocycles. The largest absolute Gasteiger partial charge is 0.465 e. The van der Waals surface area contributed by atoms with Crippen LogP contribution in [0.15, 0.2) is 30.3 Å². The maximum Gasteiger partial charge on any atom is 0.325 e. The second-order valence-electron chi connectivity index (χ2n) is 4.47. The van der Waals surface area contributed by atoms with Gasteiger partial charge in [0.15, 0.2) is 0 Å². The van der Waals surface area contributed by atoms with Gasteiger partial charge in [-0.3, -0.25) is 9.69 Å². The van der Waals surface area contributed by atoms with Crippen molar-refractivity contribution in [2.75, 3.05) is 6.61 Å². The van der Waals surface area contributed by atoms with E-state index in [1.807, 2.05) is 25.1 Å². The number of rotatable bonds is 4. The molecular weight excluding hydrogens is 214 g/mol. The van der Waals surface area contributed by atoms with Crippen molar-refractivity contribution in [3.05, 3.63) is 35.9 Å². The molecule has 1 heterocycles. The number of carbonyl (C=O) groups excluding carboxylic acids is 1. The van der Waals surface area contributed by atoms with Crippen LogP contribution in [0.4, 0.5) is 0 Å². The molecule has 1 unspecified atom stereocenters. The van der Waals surface area contributed by atoms with Crippen LogP contribution >= 0.6 is 0 Å². The molecule has 1 aromatic rings. The number of esters is 1. The summed E-state index contributed by atoms with van der Waals surface area (Å²) >= 11 is 0. The van der Waals surface area contributed by atoms with E-state index in [9.17, 15) is 4.79 Å². The molecule has 0 radical (unpaired) electrons. The van der Waals surface area contributed by atoms with Gasteiger partial charge in [-0.05, 0) is 26.3 Å². The van der Waals surface area contributed by atoms with Crippen LogP contribution in [0.3, 0.4) is 0 Å². The zero-order valence-corrected chi connectivity index (χ0v) is 10.6. The van der Waals surface area contributed by atoms with E-state index in [1.165, 1.54) is 5.56 Å². The molecule has 0 aromatic heterocycles. The molecule has 0 spiro atoms. The van der Waals surface area contributed by atoms with E-state index >= 15 is 0 Å². The molecule has 3 nitrogen and oxygen atoms in total. The number of hydrogen-bond donors (Lipinski definition) is 0. The van der Waals surface area contributed by atoms with Gasteiger partial charge >= 0.3 is 5.97 Å². The molecule has 3 heteroatoms. The topological polar surface area (TPSA) is 29.3 Å². The fraction of sp³-hybridized carbons (Fsp3) is 0.500. The lowest BCUT2D eigenvalue weighted by Crippen LogP contribution is -2.18. The highest BCUT2D eigenvalue weighted by Gasteiger charge is 2.52. The summed E-state index contributed by atoms with van der Waals surface area (Å²) in [6, 6.07) is 10.7. The molecule has 0 aliphatic carbocycles. The molecule has 1 fully saturated rings. The smallest absolute Gasteiger partial charge is 0.325 e. The first kappa shape index (κ1) is 12.1. The number of carbonyl (C=O) groups is 1. The highest BCUT2D eigenvalue weighted by molar-refractivity contribution is 5.80. The van der Waals surface area contributed by atoms with Crippen LogP contribution < -0.4 is 0 Å². The fourth-order valence-corrected chi connectivity index (χ4v) is 2.41. The number of ether oxygens (including phenoxy) is 1. The van der Waals surface area contributed by atoms with E-state index in [0.29, 0.717) is 6.61 Å². The van der Waals surface area contributed by atoms with Crippen molar-refractivity contribution >= 4 is 5.97 Å². The van der Waals surface area contributed by atoms with E-state index < -0.39 is 0 Å². The Labute approximate surface area is 102 Å². The van der Waals surface area contributed by atoms with Crippen LogP contribution in [0, 0.1) is 0 Å². The van der Waals surface area contributed by atoms with E-state index in [2.05, 4.69) is 30.9 Å². The quantitative estimate of drug-likeness (QED) is 0.590. The highest BCUT2D eigenvalue weighted by atomic mass is 16.5. The molecule has 1 saturated heterocycles. The van der Waals surface area contributed by atoms with E-state index in [-0.39, 0.29) is 24.1 Å². The van der Waals surface area contributed by atoms with Gasteiger partial charge in [-0.15, -0.1) is 0 Å². The summed E-state index contributed by atoms with van der Waals surface area (Å²) in [6.07, 6.45) is 0. The minimum absolute atomic E-state index is 0.0647. The monoisotopic (exact) mass is 233 g/mol. The van der Waals surface area contributed by atoms with E-state index in [0.717, 1.165) is 0 Å². The zero-order chi connectivity index (χ0) is 12.4. The molecule has 17 heavy (non-hydrogen) atoms.